The summed E-state index contributed by atoms with van der Waals surface area (Å²) in [6.45, 7) is 41.6. The minimum Gasteiger partial charge on any atom is -1.00 e. The van der Waals surface area contributed by atoms with E-state index >= 15 is 0 Å². The zero-order valence-corrected chi connectivity index (χ0v) is 74.7. The van der Waals surface area contributed by atoms with Crippen LogP contribution in [0.15, 0.2) is 61.3 Å². The molecule has 37 heteroatoms. The molecule has 628 valence electrons. The van der Waals surface area contributed by atoms with Gasteiger partial charge in [-0.25, -0.2) is 19.4 Å². The molecule has 0 bridgehead atoms. The normalized spacial score (nSPS) is 21.6. The van der Waals surface area contributed by atoms with Crippen LogP contribution in [0.1, 0.15) is 168 Å². The minimum absolute atomic E-state index is 0. The molecule has 6 aliphatic rings. The number of nitrogens with zero attached hydrogens (tertiary/aromatic N) is 2. The molecule has 109 heavy (non-hydrogen) atoms. The number of carboxylic acid groups (broad SMARTS) is 2. The first-order valence-corrected chi connectivity index (χ1v) is 35.3. The average Bonchev–Trinajstić information content (AvgIpc) is 0.888. The Balaban J connectivity index is -0.0000000774. The molecule has 6 rings (SSSR count). The number of esters is 4. The summed E-state index contributed by atoms with van der Waals surface area (Å²) >= 11 is 3.08. The summed E-state index contributed by atoms with van der Waals surface area (Å²) in [5.41, 5.74) is 3.45. The van der Waals surface area contributed by atoms with Crippen molar-refractivity contribution in [3.8, 4) is 12.8 Å². The van der Waals surface area contributed by atoms with Gasteiger partial charge in [0, 0.05) is 44.3 Å². The van der Waals surface area contributed by atoms with E-state index in [0.29, 0.717) is 107 Å². The van der Waals surface area contributed by atoms with Crippen molar-refractivity contribution in [3.63, 3.8) is 0 Å². The zero-order valence-electron chi connectivity index (χ0n) is 68.5. The number of terminal acetylenes is 1. The Morgan fingerprint density at radius 2 is 1.01 bits per heavy atom. The van der Waals surface area contributed by atoms with Crippen molar-refractivity contribution < 1.29 is 232 Å². The molecule has 0 saturated carbocycles. The molecule has 0 spiro atoms. The summed E-state index contributed by atoms with van der Waals surface area (Å²) in [6, 6.07) is 0. The van der Waals surface area contributed by atoms with E-state index in [1.807, 2.05) is 67.1 Å². The van der Waals surface area contributed by atoms with E-state index in [-0.39, 0.29) is 225 Å². The number of carboxylic acids is 2. The van der Waals surface area contributed by atoms with Gasteiger partial charge in [-0.05, 0) is 167 Å². The number of carbonyl (C=O) groups excluding carboxylic acids is 6. The Kier molecular flexibility index (Phi) is 116. The van der Waals surface area contributed by atoms with Gasteiger partial charge in [0.05, 0.1) is 163 Å². The van der Waals surface area contributed by atoms with Crippen LogP contribution in [-0.2, 0) is 116 Å². The predicted octanol–water partition coefficient (Wildman–Crippen LogP) is -0.637. The van der Waals surface area contributed by atoms with Gasteiger partial charge in [0.2, 0.25) is 0 Å². The molecule has 0 aromatic rings. The van der Waals surface area contributed by atoms with Gasteiger partial charge in [0.25, 0.3) is 5.91 Å². The number of amides is 1. The summed E-state index contributed by atoms with van der Waals surface area (Å²) < 4.78 is 56.1. The molecule has 6 aliphatic heterocycles. The second kappa shape index (κ2) is 93.0. The number of ether oxygens (including phenoxy) is 11. The Bertz CT molecular complexity index is 2270. The summed E-state index contributed by atoms with van der Waals surface area (Å²) in [5, 5.41) is 40.5. The number of aliphatic hydroxyl groups is 1. The fraction of sp³-hybridized carbons (Fsp3) is 0.722. The summed E-state index contributed by atoms with van der Waals surface area (Å²) in [4.78, 5) is 91.4. The number of rotatable bonds is 21. The van der Waals surface area contributed by atoms with E-state index in [2.05, 4.69) is 65.7 Å². The third-order valence-electron chi connectivity index (χ3n) is 14.6. The van der Waals surface area contributed by atoms with Crippen LogP contribution in [0.4, 0.5) is 0 Å². The van der Waals surface area contributed by atoms with Crippen LogP contribution in [0.25, 0.3) is 11.5 Å². The minimum atomic E-state index is -0.730. The number of alkyl halides is 1. The van der Waals surface area contributed by atoms with Gasteiger partial charge in [-0.1, -0.05) is 47.3 Å². The van der Waals surface area contributed by atoms with E-state index in [4.69, 9.17) is 83.8 Å². The number of carbonyl (C=O) groups is 8. The molecule has 0 aliphatic carbocycles. The van der Waals surface area contributed by atoms with Crippen LogP contribution in [0.5, 0.6) is 0 Å². The molecule has 1 amide bonds. The molecule has 5 fully saturated rings. The molecule has 31 nitrogen and oxygen atoms in total. The standard InChI is InChI=1S/C11H18O3.C9H17NO3.C9H16O3.C9H14O3.2C7H12O3.C7H12O2.C6H9BrO2.C5H10O.C2H2.Al.Li.H3N2O.H2NO.2Na.2H2O.Pd.4H/c1-5-7-10(4)14-8-9(3)11(12)13-6-2;1-7-4-5-8(6-13-7)9(11)10(2)12-3;2*1-3-11-9(10)8-5-4-7(2)12-6-8;2*1-5-2-3-6(4-10-5)7(8)9;1-6-2-3-7(4-8)5-9-6;1-3-9-6(8)5(2)4-7;1-3-4-5(2)6;1-2;;;1-2-3;1-2;;;;;;;;;/h5,10H,1,3,6-8H2,2,4H3;7-8H,4-6H2,1-3H3;7-8H,3-6H2,1-2H3;5,7H,3-4,6H2,1-2H3;2*5-6H,2-4H2,1H3,(H,8,9);4,6-7H,2-3,5H2,1H3;2-4H2,1H3;3,5-6H,1,4H2,2H3;1-2H;;;3H,1H2;1-2H;;;2*1H2;;;;;/q;;;;;;;;;;;+1;2*-1;2*+1;;;;;;;-1/t;7-,8-;;;5-,6-;;6-,7+;;;;;;;;;;;;;;;;/m.1..1.1................/s1. The molecule has 0 aromatic heterocycles. The number of halogens is 1. The number of hydrogen-bond donors (Lipinski definition) is 6. The Labute approximate surface area is 740 Å². The molecule has 6 heterocycles. The van der Waals surface area contributed by atoms with Gasteiger partial charge in [-0.15, -0.1) is 26.0 Å². The van der Waals surface area contributed by atoms with Gasteiger partial charge in [0.1, 0.15) is 6.29 Å². The number of nitrogens with two attached hydrogens (primary N) is 1. The molecule has 13 atom stereocenters. The number of aliphatic hydroxyl groups excluding tert-OH is 1. The van der Waals surface area contributed by atoms with Crippen molar-refractivity contribution in [1.82, 2.24) is 5.06 Å². The molecule has 12 N–H and O–H groups in total. The third kappa shape index (κ3) is 80.8. The van der Waals surface area contributed by atoms with E-state index in [1.54, 1.807) is 46.9 Å². The van der Waals surface area contributed by atoms with Crippen LogP contribution in [0.3, 0.4) is 0 Å². The number of nitrogens with one attached hydrogen (secondary N) is 1. The summed E-state index contributed by atoms with van der Waals surface area (Å²) in [7, 11) is 3.12. The average molecular weight is 1760 g/mol. The van der Waals surface area contributed by atoms with Crippen molar-refractivity contribution in [2.24, 2.45) is 35.4 Å². The van der Waals surface area contributed by atoms with Crippen LogP contribution < -0.4 is 83.8 Å². The largest absolute Gasteiger partial charge is 1.00 e. The maximum absolute atomic E-state index is 11.6. The topological polar surface area (TPSA) is 479 Å². The van der Waals surface area contributed by atoms with Gasteiger partial charge >= 0.3 is 114 Å². The Morgan fingerprint density at radius 3 is 1.28 bits per heavy atom. The van der Waals surface area contributed by atoms with Gasteiger partial charge < -0.3 is 112 Å². The van der Waals surface area contributed by atoms with Crippen molar-refractivity contribution >= 4 is 81.3 Å². The molecule has 0 aromatic carbocycles. The van der Waals surface area contributed by atoms with Crippen LogP contribution in [0, 0.1) is 42.4 Å². The van der Waals surface area contributed by atoms with Crippen LogP contribution >= 0.6 is 15.9 Å². The maximum Gasteiger partial charge on any atom is 1.00 e. The monoisotopic (exact) mass is 1750 g/mol. The molecule has 0 radical (unpaired) electrons. The fourth-order valence-electron chi connectivity index (χ4n) is 8.32. The SMILES string of the molecule is C#C.C=C(CBr)C(=O)OCC.C=CCC(C)O.C=CCC(C)OCC(=C)C(=O)OCC.CC1CCC(C(=O)O)CO1.CCOC(=O)C1=CCC(C)OC1.CCOC(=O)C1CCC(C)OC1.CON(C)C(=O)[C@@H]1CC[C@@H](C)OC1.C[C@@H]1CC[C@@H](C(=O)O)CO1.C[C@@H]1CC[C@@H](C=O)CO1.N[N-]O.O.O.[AlH3].[H-].[Li+].[NH-]O.[Na+].[Na+].[Pd]. The summed E-state index contributed by atoms with van der Waals surface area (Å²) in [6.07, 6.45) is 27.1. The van der Waals surface area contributed by atoms with E-state index < -0.39 is 17.9 Å². The number of aldehydes is 1. The number of aliphatic carboxylic acids is 2. The van der Waals surface area contributed by atoms with Crippen molar-refractivity contribution in [2.45, 2.75) is 215 Å². The van der Waals surface area contributed by atoms with Crippen LogP contribution in [0.2, 0.25) is 0 Å². The van der Waals surface area contributed by atoms with Gasteiger partial charge in [-0.2, -0.15) is 0 Å². The van der Waals surface area contributed by atoms with Gasteiger partial charge in [0.15, 0.2) is 17.4 Å². The number of hydroxylamine groups is 2. The van der Waals surface area contributed by atoms with Gasteiger partial charge in [-0.3, -0.25) is 24.0 Å². The fourth-order valence-corrected chi connectivity index (χ4v) is 8.55. The first kappa shape index (κ1) is 136. The predicted molar refractivity (Wildman–Crippen MR) is 409 cm³/mol. The van der Waals surface area contributed by atoms with E-state index in [0.717, 1.165) is 83.3 Å². The second-order valence-electron chi connectivity index (χ2n) is 23.5. The first-order chi connectivity index (χ1) is 48.4. The summed E-state index contributed by atoms with van der Waals surface area (Å²) in [5.74, 6) is 5.84. The molecular formula is C72H135AlBrLiN4Na2O27Pd. The Morgan fingerprint density at radius 1 is 0.651 bits per heavy atom. The number of hydrogen-bond acceptors (Lipinski definition) is 24. The Hall–Kier alpha value is -2.15. The first-order valence-electron chi connectivity index (χ1n) is 34.2. The molecular weight excluding hydrogens is 1620 g/mol. The van der Waals surface area contributed by atoms with Crippen molar-refractivity contribution in [2.75, 3.05) is 92.2 Å². The van der Waals surface area contributed by atoms with E-state index in [9.17, 15) is 38.4 Å². The van der Waals surface area contributed by atoms with E-state index in [1.165, 1.54) is 12.2 Å². The molecule has 7 unspecified atom stereocenters. The van der Waals surface area contributed by atoms with Crippen molar-refractivity contribution in [3.05, 3.63) is 72.7 Å². The smallest absolute Gasteiger partial charge is 1.00 e. The quantitative estimate of drug-likeness (QED) is 0.00795. The zero-order chi connectivity index (χ0) is 79.6. The van der Waals surface area contributed by atoms with Crippen LogP contribution in [-0.4, -0.2) is 248 Å². The second-order valence-corrected chi connectivity index (χ2v) is 24.0. The van der Waals surface area contributed by atoms with Crippen molar-refractivity contribution in [1.29, 1.82) is 0 Å². The molecule has 5 saturated heterocycles. The maximum atomic E-state index is 11.6. The third-order valence-corrected chi connectivity index (χ3v) is 15.3.